The molecule has 0 aromatic heterocycles. The molecule has 1 aliphatic heterocycles. The van der Waals surface area contributed by atoms with Gasteiger partial charge in [0, 0.05) is 12.6 Å². The summed E-state index contributed by atoms with van der Waals surface area (Å²) in [5.41, 5.74) is 0. The summed E-state index contributed by atoms with van der Waals surface area (Å²) in [5.74, 6) is 1.19. The number of nitrogens with one attached hydrogen (secondary N) is 2. The van der Waals surface area contributed by atoms with E-state index >= 15 is 0 Å². The van der Waals surface area contributed by atoms with Crippen LogP contribution in [0.2, 0.25) is 0 Å². The quantitative estimate of drug-likeness (QED) is 0.830. The van der Waals surface area contributed by atoms with Crippen molar-refractivity contribution in [3.63, 3.8) is 0 Å². The van der Waals surface area contributed by atoms with Gasteiger partial charge in [-0.1, -0.05) is 19.3 Å². The molecule has 106 valence electrons. The van der Waals surface area contributed by atoms with E-state index in [1.807, 2.05) is 0 Å². The average molecular weight is 275 g/mol. The van der Waals surface area contributed by atoms with E-state index < -0.39 is 0 Å². The summed E-state index contributed by atoms with van der Waals surface area (Å²) in [4.78, 5) is 12.1. The molecule has 2 atom stereocenters. The Bertz CT molecular complexity index is 248. The lowest BCUT2D eigenvalue weighted by atomic mass is 9.84. The van der Waals surface area contributed by atoms with Gasteiger partial charge in [0.2, 0.25) is 5.91 Å². The molecule has 2 rings (SSSR count). The molecule has 2 N–H and O–H groups in total. The predicted molar refractivity (Wildman–Crippen MR) is 77.0 cm³/mol. The highest BCUT2D eigenvalue weighted by molar-refractivity contribution is 5.85. The van der Waals surface area contributed by atoms with Crippen LogP contribution in [-0.4, -0.2) is 25.0 Å². The summed E-state index contributed by atoms with van der Waals surface area (Å²) >= 11 is 0. The predicted octanol–water partition coefficient (Wildman–Crippen LogP) is 2.49. The van der Waals surface area contributed by atoms with Gasteiger partial charge in [-0.2, -0.15) is 0 Å². The molecule has 3 nitrogen and oxygen atoms in total. The third kappa shape index (κ3) is 4.43. The van der Waals surface area contributed by atoms with Crippen LogP contribution in [-0.2, 0) is 4.79 Å². The van der Waals surface area contributed by atoms with E-state index in [1.54, 1.807) is 0 Å². The maximum absolute atomic E-state index is 12.1. The molecule has 1 unspecified atom stereocenters. The van der Waals surface area contributed by atoms with Crippen LogP contribution in [0.25, 0.3) is 0 Å². The lowest BCUT2D eigenvalue weighted by molar-refractivity contribution is -0.126. The third-order valence-corrected chi connectivity index (χ3v) is 4.39. The van der Waals surface area contributed by atoms with Gasteiger partial charge >= 0.3 is 0 Å². The second kappa shape index (κ2) is 8.00. The van der Waals surface area contributed by atoms with Crippen LogP contribution in [0.4, 0.5) is 0 Å². The SMILES string of the molecule is CC(NC(=O)[C@@H]1CCCNC1)C1CCCCC1.Cl. The molecule has 0 aromatic rings. The van der Waals surface area contributed by atoms with Crippen LogP contribution in [0.5, 0.6) is 0 Å². The van der Waals surface area contributed by atoms with Gasteiger partial charge in [-0.15, -0.1) is 12.4 Å². The summed E-state index contributed by atoms with van der Waals surface area (Å²) < 4.78 is 0. The van der Waals surface area contributed by atoms with Gasteiger partial charge in [0.1, 0.15) is 0 Å². The Morgan fingerprint density at radius 2 is 1.89 bits per heavy atom. The summed E-state index contributed by atoms with van der Waals surface area (Å²) in [7, 11) is 0. The number of carbonyl (C=O) groups is 1. The van der Waals surface area contributed by atoms with E-state index in [4.69, 9.17) is 0 Å². The van der Waals surface area contributed by atoms with E-state index in [0.29, 0.717) is 12.0 Å². The number of carbonyl (C=O) groups excluding carboxylic acids is 1. The van der Waals surface area contributed by atoms with Crippen LogP contribution in [0.3, 0.4) is 0 Å². The van der Waals surface area contributed by atoms with Crippen molar-refractivity contribution in [3.8, 4) is 0 Å². The number of piperidine rings is 1. The molecule has 0 aromatic carbocycles. The minimum absolute atomic E-state index is 0. The number of amides is 1. The highest BCUT2D eigenvalue weighted by Gasteiger charge is 2.25. The molecule has 1 saturated carbocycles. The van der Waals surface area contributed by atoms with Crippen molar-refractivity contribution in [2.75, 3.05) is 13.1 Å². The fourth-order valence-electron chi connectivity index (χ4n) is 3.17. The highest BCUT2D eigenvalue weighted by Crippen LogP contribution is 2.26. The molecule has 1 aliphatic carbocycles. The smallest absolute Gasteiger partial charge is 0.224 e. The Hall–Kier alpha value is -0.280. The molecular formula is C14H27ClN2O. The maximum atomic E-state index is 12.1. The van der Waals surface area contributed by atoms with Gasteiger partial charge in [0.25, 0.3) is 0 Å². The van der Waals surface area contributed by atoms with Crippen molar-refractivity contribution < 1.29 is 4.79 Å². The van der Waals surface area contributed by atoms with Gasteiger partial charge in [0.15, 0.2) is 0 Å². The summed E-state index contributed by atoms with van der Waals surface area (Å²) in [5, 5.41) is 6.55. The van der Waals surface area contributed by atoms with Crippen LogP contribution in [0, 0.1) is 11.8 Å². The van der Waals surface area contributed by atoms with Crippen molar-refractivity contribution in [2.24, 2.45) is 11.8 Å². The molecular weight excluding hydrogens is 248 g/mol. The third-order valence-electron chi connectivity index (χ3n) is 4.39. The normalized spacial score (nSPS) is 27.1. The number of hydrogen-bond acceptors (Lipinski definition) is 2. The molecule has 2 aliphatic rings. The molecule has 18 heavy (non-hydrogen) atoms. The Kier molecular flexibility index (Phi) is 7.02. The summed E-state index contributed by atoms with van der Waals surface area (Å²) in [6, 6.07) is 0.365. The molecule has 0 bridgehead atoms. The van der Waals surface area contributed by atoms with E-state index in [-0.39, 0.29) is 24.2 Å². The van der Waals surface area contributed by atoms with Crippen LogP contribution >= 0.6 is 12.4 Å². The lowest BCUT2D eigenvalue weighted by Gasteiger charge is -2.30. The van der Waals surface area contributed by atoms with Gasteiger partial charge in [-0.25, -0.2) is 0 Å². The first-order valence-corrected chi connectivity index (χ1v) is 7.28. The number of halogens is 1. The van der Waals surface area contributed by atoms with Gasteiger partial charge < -0.3 is 10.6 Å². The maximum Gasteiger partial charge on any atom is 0.224 e. The molecule has 2 fully saturated rings. The van der Waals surface area contributed by atoms with E-state index in [1.165, 1.54) is 32.1 Å². The average Bonchev–Trinajstić information content (AvgIpc) is 2.40. The Balaban J connectivity index is 0.00000162. The number of rotatable bonds is 3. The first-order chi connectivity index (χ1) is 8.27. The molecule has 0 radical (unpaired) electrons. The fraction of sp³-hybridized carbons (Fsp3) is 0.929. The molecule has 4 heteroatoms. The second-order valence-electron chi connectivity index (χ2n) is 5.74. The first-order valence-electron chi connectivity index (χ1n) is 7.28. The van der Waals surface area contributed by atoms with E-state index in [9.17, 15) is 4.79 Å². The van der Waals surface area contributed by atoms with Gasteiger partial charge in [0.05, 0.1) is 5.92 Å². The fourth-order valence-corrected chi connectivity index (χ4v) is 3.17. The van der Waals surface area contributed by atoms with Crippen molar-refractivity contribution in [1.29, 1.82) is 0 Å². The van der Waals surface area contributed by atoms with Gasteiger partial charge in [-0.05, 0) is 45.1 Å². The molecule has 1 amide bonds. The van der Waals surface area contributed by atoms with Crippen LogP contribution in [0.15, 0.2) is 0 Å². The number of hydrogen-bond donors (Lipinski definition) is 2. The van der Waals surface area contributed by atoms with Crippen LogP contribution < -0.4 is 10.6 Å². The van der Waals surface area contributed by atoms with Crippen molar-refractivity contribution in [1.82, 2.24) is 10.6 Å². The summed E-state index contributed by atoms with van der Waals surface area (Å²) in [6.45, 7) is 4.12. The molecule has 1 heterocycles. The first kappa shape index (κ1) is 15.8. The van der Waals surface area contributed by atoms with E-state index in [2.05, 4.69) is 17.6 Å². The Morgan fingerprint density at radius 3 is 2.50 bits per heavy atom. The van der Waals surface area contributed by atoms with Crippen molar-refractivity contribution in [2.45, 2.75) is 57.9 Å². The lowest BCUT2D eigenvalue weighted by Crippen LogP contribution is -2.46. The largest absolute Gasteiger partial charge is 0.353 e. The molecule has 0 spiro atoms. The summed E-state index contributed by atoms with van der Waals surface area (Å²) in [6.07, 6.45) is 8.84. The zero-order valence-electron chi connectivity index (χ0n) is 11.4. The van der Waals surface area contributed by atoms with Crippen LogP contribution in [0.1, 0.15) is 51.9 Å². The monoisotopic (exact) mass is 274 g/mol. The zero-order chi connectivity index (χ0) is 12.1. The second-order valence-corrected chi connectivity index (χ2v) is 5.74. The standard InChI is InChI=1S/C14H26N2O.ClH/c1-11(12-6-3-2-4-7-12)16-14(17)13-8-5-9-15-10-13;/h11-13,15H,2-10H2,1H3,(H,16,17);1H/t11?,13-;/m1./s1. The zero-order valence-corrected chi connectivity index (χ0v) is 12.2. The van der Waals surface area contributed by atoms with E-state index in [0.717, 1.165) is 25.9 Å². The van der Waals surface area contributed by atoms with Crippen molar-refractivity contribution in [3.05, 3.63) is 0 Å². The highest BCUT2D eigenvalue weighted by atomic mass is 35.5. The minimum atomic E-state index is 0. The topological polar surface area (TPSA) is 41.1 Å². The minimum Gasteiger partial charge on any atom is -0.353 e. The molecule has 1 saturated heterocycles. The van der Waals surface area contributed by atoms with Gasteiger partial charge in [-0.3, -0.25) is 4.79 Å². The Morgan fingerprint density at radius 1 is 1.17 bits per heavy atom. The Labute approximate surface area is 117 Å². The van der Waals surface area contributed by atoms with Crippen molar-refractivity contribution >= 4 is 18.3 Å².